The molecule has 1 fully saturated rings. The first kappa shape index (κ1) is 28.9. The Labute approximate surface area is 222 Å². The van der Waals surface area contributed by atoms with Crippen molar-refractivity contribution in [1.82, 2.24) is 20.4 Å². The van der Waals surface area contributed by atoms with Crippen molar-refractivity contribution in [3.63, 3.8) is 0 Å². The van der Waals surface area contributed by atoms with Crippen LogP contribution in [0.1, 0.15) is 19.3 Å². The Morgan fingerprint density at radius 2 is 1.82 bits per heavy atom. The minimum atomic E-state index is -4.06. The number of methoxy groups -OCH3 is 1. The van der Waals surface area contributed by atoms with Crippen LogP contribution in [-0.2, 0) is 19.6 Å². The number of sulfonamides is 1. The molecule has 1 aliphatic rings. The van der Waals surface area contributed by atoms with Gasteiger partial charge in [0.2, 0.25) is 16.0 Å². The van der Waals surface area contributed by atoms with Crippen LogP contribution in [-0.4, -0.2) is 69.8 Å². The molecule has 1 amide bonds. The van der Waals surface area contributed by atoms with E-state index < -0.39 is 22.0 Å². The molecule has 3 rings (SSSR count). The van der Waals surface area contributed by atoms with Crippen LogP contribution >= 0.6 is 0 Å². The maximum Gasteiger partial charge on any atom is 0.261 e. The number of aliphatic imine (C=N–C) groups is 1. The van der Waals surface area contributed by atoms with Gasteiger partial charge in [-0.05, 0) is 61.6 Å². The smallest absolute Gasteiger partial charge is 0.261 e. The normalized spacial score (nSPS) is 15.4. The first-order valence-corrected chi connectivity index (χ1v) is 13.6. The minimum absolute atomic E-state index is 0.000194. The van der Waals surface area contributed by atoms with Gasteiger partial charge in [-0.25, -0.2) is 18.9 Å². The summed E-state index contributed by atoms with van der Waals surface area (Å²) in [6.07, 6.45) is 3.35. The molecule has 1 atom stereocenters. The number of hydrogen-bond donors (Lipinski definition) is 4. The van der Waals surface area contributed by atoms with E-state index in [0.717, 1.165) is 0 Å². The Kier molecular flexibility index (Phi) is 10.9. The highest BCUT2D eigenvalue weighted by Gasteiger charge is 2.31. The van der Waals surface area contributed by atoms with Gasteiger partial charge in [-0.2, -0.15) is 9.98 Å². The molecule has 12 nitrogen and oxygen atoms in total. The van der Waals surface area contributed by atoms with Crippen LogP contribution in [0.2, 0.25) is 0 Å². The van der Waals surface area contributed by atoms with E-state index in [1.807, 2.05) is 29.3 Å². The van der Waals surface area contributed by atoms with Crippen molar-refractivity contribution in [2.45, 2.75) is 30.2 Å². The van der Waals surface area contributed by atoms with Crippen molar-refractivity contribution < 1.29 is 27.9 Å². The molecule has 204 valence electrons. The summed E-state index contributed by atoms with van der Waals surface area (Å²) < 4.78 is 39.2. The van der Waals surface area contributed by atoms with E-state index in [2.05, 4.69) is 15.0 Å². The van der Waals surface area contributed by atoms with Gasteiger partial charge in [0.15, 0.2) is 6.19 Å². The first-order valence-electron chi connectivity index (χ1n) is 12.1. The van der Waals surface area contributed by atoms with Gasteiger partial charge in [0.05, 0.1) is 18.0 Å². The predicted molar refractivity (Wildman–Crippen MR) is 139 cm³/mol. The summed E-state index contributed by atoms with van der Waals surface area (Å²) >= 11 is 0. The van der Waals surface area contributed by atoms with Gasteiger partial charge in [-0.1, -0.05) is 18.2 Å². The average Bonchev–Trinajstić information content (AvgIpc) is 2.93. The van der Waals surface area contributed by atoms with E-state index in [4.69, 9.17) is 14.7 Å². The number of carbonyl (C=O) groups is 1. The lowest BCUT2D eigenvalue weighted by Gasteiger charge is -2.34. The number of para-hydroxylation sites is 1. The lowest BCUT2D eigenvalue weighted by molar-refractivity contribution is -0.131. The third-order valence-corrected chi connectivity index (χ3v) is 7.53. The molecule has 1 saturated heterocycles. The molecular weight excluding hydrogens is 512 g/mol. The summed E-state index contributed by atoms with van der Waals surface area (Å²) in [6.45, 7) is 1.96. The number of nitriles is 1. The number of hydrogen-bond acceptors (Lipinski definition) is 8. The monoisotopic (exact) mass is 544 g/mol. The highest BCUT2D eigenvalue weighted by molar-refractivity contribution is 7.89. The molecule has 4 N–H and O–H groups in total. The molecule has 1 heterocycles. The predicted octanol–water partition coefficient (Wildman–Crippen LogP) is 1.81. The lowest BCUT2D eigenvalue weighted by atomic mass is 9.90. The topological polar surface area (TPSA) is 165 Å². The third kappa shape index (κ3) is 8.42. The maximum absolute atomic E-state index is 13.0. The second-order valence-electron chi connectivity index (χ2n) is 8.64. The Bertz CT molecular complexity index is 1210. The van der Waals surface area contributed by atoms with Gasteiger partial charge in [-0.15, -0.1) is 0 Å². The first-order chi connectivity index (χ1) is 18.4. The summed E-state index contributed by atoms with van der Waals surface area (Å²) in [5.74, 6) is 0.688. The molecule has 1 aliphatic heterocycles. The van der Waals surface area contributed by atoms with E-state index in [-0.39, 0.29) is 17.2 Å². The van der Waals surface area contributed by atoms with Gasteiger partial charge in [0.25, 0.3) is 5.91 Å². The molecular formula is C25H32N6O6S. The van der Waals surface area contributed by atoms with Gasteiger partial charge >= 0.3 is 0 Å². The number of nitrogens with one attached hydrogen (secondary N) is 3. The van der Waals surface area contributed by atoms with Crippen molar-refractivity contribution in [2.24, 2.45) is 10.9 Å². The van der Waals surface area contributed by atoms with Crippen molar-refractivity contribution in [3.8, 4) is 17.7 Å². The van der Waals surface area contributed by atoms with Crippen LogP contribution in [0.25, 0.3) is 0 Å². The highest BCUT2D eigenvalue weighted by atomic mass is 32.2. The van der Waals surface area contributed by atoms with Crippen molar-refractivity contribution in [1.29, 1.82) is 5.26 Å². The number of nitrogens with zero attached hydrogens (tertiary/aromatic N) is 3. The van der Waals surface area contributed by atoms with Crippen LogP contribution in [0.15, 0.2) is 64.5 Å². The molecule has 0 aromatic heterocycles. The lowest BCUT2D eigenvalue weighted by Crippen LogP contribution is -2.49. The fourth-order valence-electron chi connectivity index (χ4n) is 4.08. The molecule has 13 heteroatoms. The van der Waals surface area contributed by atoms with Crippen LogP contribution in [0.4, 0.5) is 0 Å². The van der Waals surface area contributed by atoms with E-state index in [1.165, 1.54) is 24.3 Å². The molecule has 0 spiro atoms. The Balaban J connectivity index is 1.61. The molecule has 0 bridgehead atoms. The highest BCUT2D eigenvalue weighted by Crippen LogP contribution is 2.25. The fourth-order valence-corrected chi connectivity index (χ4v) is 5.29. The van der Waals surface area contributed by atoms with Crippen molar-refractivity contribution >= 4 is 21.9 Å². The summed E-state index contributed by atoms with van der Waals surface area (Å²) in [6, 6.07) is 13.7. The number of carbonyl (C=O) groups excluding carboxylic acids is 1. The van der Waals surface area contributed by atoms with Crippen molar-refractivity contribution in [2.75, 3.05) is 33.4 Å². The second kappa shape index (κ2) is 14.3. The molecule has 38 heavy (non-hydrogen) atoms. The quantitative estimate of drug-likeness (QED) is 0.0628. The Hall–Kier alpha value is -3.70. The number of piperidine rings is 1. The van der Waals surface area contributed by atoms with Gasteiger partial charge in [-0.3, -0.25) is 15.3 Å². The zero-order chi connectivity index (χ0) is 27.4. The van der Waals surface area contributed by atoms with Crippen LogP contribution in [0.3, 0.4) is 0 Å². The number of amides is 1. The zero-order valence-electron chi connectivity index (χ0n) is 21.0. The number of likely N-dealkylation sites (tertiary alicyclic amines) is 1. The number of guanidine groups is 1. The standard InChI is InChI=1S/C25H32N6O6S/c1-36-16-13-27-25(28-18-26)31-14-11-19(12-15-31)17-23(24(32)29-33)30-38(34,35)22-9-7-21(8-10-22)37-20-5-3-2-4-6-20/h2-10,19,23,30,33H,11-17H2,1H3,(H,27,28)(H,29,32). The van der Waals surface area contributed by atoms with E-state index >= 15 is 0 Å². The fraction of sp³-hybridized carbons (Fsp3) is 0.400. The third-order valence-electron chi connectivity index (χ3n) is 6.04. The van der Waals surface area contributed by atoms with E-state index in [9.17, 15) is 18.4 Å². The number of hydroxylamine groups is 1. The molecule has 0 aliphatic carbocycles. The van der Waals surface area contributed by atoms with Crippen LogP contribution in [0.5, 0.6) is 11.5 Å². The van der Waals surface area contributed by atoms with Crippen LogP contribution in [0, 0.1) is 17.4 Å². The number of rotatable bonds is 11. The summed E-state index contributed by atoms with van der Waals surface area (Å²) in [5.41, 5.74) is 1.56. The average molecular weight is 545 g/mol. The molecule has 2 aromatic rings. The van der Waals surface area contributed by atoms with E-state index in [1.54, 1.807) is 24.7 Å². The van der Waals surface area contributed by atoms with Gasteiger partial charge < -0.3 is 14.4 Å². The molecule has 1 unspecified atom stereocenters. The Morgan fingerprint density at radius 1 is 1.16 bits per heavy atom. The maximum atomic E-state index is 13.0. The summed E-state index contributed by atoms with van der Waals surface area (Å²) in [5, 5.41) is 20.8. The zero-order valence-corrected chi connectivity index (χ0v) is 21.9. The number of ether oxygens (including phenoxy) is 2. The number of benzene rings is 2. The van der Waals surface area contributed by atoms with Gasteiger partial charge in [0.1, 0.15) is 17.5 Å². The SMILES string of the molecule is COCCN=C(NC#N)N1CCC(CC(NS(=O)(=O)c2ccc(Oc3ccccc3)cc2)C(=O)NO)CC1. The summed E-state index contributed by atoms with van der Waals surface area (Å²) in [4.78, 5) is 18.6. The van der Waals surface area contributed by atoms with Gasteiger partial charge in [0, 0.05) is 20.2 Å². The van der Waals surface area contributed by atoms with Crippen molar-refractivity contribution in [3.05, 3.63) is 54.6 Å². The molecule has 2 aromatic carbocycles. The van der Waals surface area contributed by atoms with Crippen LogP contribution < -0.4 is 20.3 Å². The van der Waals surface area contributed by atoms with E-state index in [0.29, 0.717) is 56.5 Å². The molecule has 0 saturated carbocycles. The Morgan fingerprint density at radius 3 is 2.42 bits per heavy atom. The molecule has 0 radical (unpaired) electrons. The second-order valence-corrected chi connectivity index (χ2v) is 10.4. The minimum Gasteiger partial charge on any atom is -0.457 e. The largest absolute Gasteiger partial charge is 0.457 e. The summed E-state index contributed by atoms with van der Waals surface area (Å²) in [7, 11) is -2.49.